The molecule has 3 heterocycles. The Balaban J connectivity index is 1.54. The number of fused-ring (bicyclic) bond motifs is 4. The summed E-state index contributed by atoms with van der Waals surface area (Å²) in [5.74, 6) is 1.82. The average Bonchev–Trinajstić information content (AvgIpc) is 3.41. The van der Waals surface area contributed by atoms with Gasteiger partial charge in [-0.15, -0.1) is 0 Å². The van der Waals surface area contributed by atoms with Crippen LogP contribution in [0.5, 0.6) is 17.2 Å². The summed E-state index contributed by atoms with van der Waals surface area (Å²) in [5.41, 5.74) is 4.22. The molecule has 0 spiro atoms. The van der Waals surface area contributed by atoms with E-state index in [1.165, 1.54) is 12.0 Å². The number of nitrogens with zero attached hydrogens (tertiary/aromatic N) is 2. The smallest absolute Gasteiger partial charge is 0.252 e. The van der Waals surface area contributed by atoms with E-state index in [0.717, 1.165) is 47.8 Å². The number of para-hydroxylation sites is 1. The zero-order valence-electron chi connectivity index (χ0n) is 20.9. The van der Waals surface area contributed by atoms with Crippen LogP contribution in [0.1, 0.15) is 55.0 Å². The number of ether oxygens (including phenoxy) is 3. The summed E-state index contributed by atoms with van der Waals surface area (Å²) in [5, 5.41) is 1.78. The van der Waals surface area contributed by atoms with Gasteiger partial charge < -0.3 is 24.1 Å². The van der Waals surface area contributed by atoms with E-state index in [1.54, 1.807) is 21.3 Å². The van der Waals surface area contributed by atoms with E-state index in [9.17, 15) is 4.79 Å². The molecular formula is C28H31N3O4S. The number of hydrogen-bond acceptors (Lipinski definition) is 5. The Bertz CT molecular complexity index is 1320. The van der Waals surface area contributed by atoms with Crippen molar-refractivity contribution in [3.63, 3.8) is 0 Å². The molecule has 2 fully saturated rings. The van der Waals surface area contributed by atoms with Crippen LogP contribution in [0.15, 0.2) is 36.4 Å². The highest BCUT2D eigenvalue weighted by atomic mass is 32.1. The second-order valence-electron chi connectivity index (χ2n) is 9.83. The van der Waals surface area contributed by atoms with E-state index in [1.807, 2.05) is 29.2 Å². The summed E-state index contributed by atoms with van der Waals surface area (Å²) >= 11 is 6.08. The Kier molecular flexibility index (Phi) is 5.79. The summed E-state index contributed by atoms with van der Waals surface area (Å²) in [6, 6.07) is 11.8. The number of nitrogens with one attached hydrogen (secondary N) is 1. The molecule has 0 radical (unpaired) electrons. The molecule has 8 heteroatoms. The molecule has 6 rings (SSSR count). The minimum atomic E-state index is -0.338. The monoisotopic (exact) mass is 505 g/mol. The van der Waals surface area contributed by atoms with Crippen LogP contribution in [-0.4, -0.2) is 59.2 Å². The maximum absolute atomic E-state index is 14.0. The average molecular weight is 506 g/mol. The standard InChI is InChI=1S/C28H31N3O4S/c1-33-22-13-16(14-23(34-2)26(22)35-3)25-24-19(18-11-7-8-12-20(18)29-24)15-21-27(32)30(28(36)31(21)25)17-9-5-4-6-10-17/h7-8,11-14,17,21,25,29H,4-6,9-10,15H2,1-3H3/t21-,25+/m1/s1. The third kappa shape index (κ3) is 3.38. The van der Waals surface area contributed by atoms with Gasteiger partial charge in [0, 0.05) is 29.1 Å². The predicted octanol–water partition coefficient (Wildman–Crippen LogP) is 4.97. The number of H-pyrrole nitrogens is 1. The highest BCUT2D eigenvalue weighted by molar-refractivity contribution is 7.80. The first-order chi connectivity index (χ1) is 17.6. The Morgan fingerprint density at radius 3 is 2.33 bits per heavy atom. The molecule has 2 aliphatic heterocycles. The Morgan fingerprint density at radius 1 is 0.972 bits per heavy atom. The maximum atomic E-state index is 14.0. The first-order valence-electron chi connectivity index (χ1n) is 12.6. The van der Waals surface area contributed by atoms with Gasteiger partial charge in [-0.2, -0.15) is 0 Å². The number of amides is 1. The first-order valence-corrected chi connectivity index (χ1v) is 13.0. The number of carbonyl (C=O) groups is 1. The van der Waals surface area contributed by atoms with Gasteiger partial charge in [0.2, 0.25) is 5.75 Å². The summed E-state index contributed by atoms with van der Waals surface area (Å²) in [6.07, 6.45) is 6.15. The van der Waals surface area contributed by atoms with Gasteiger partial charge in [-0.05, 0) is 54.4 Å². The Hall–Kier alpha value is -3.26. The lowest BCUT2D eigenvalue weighted by atomic mass is 9.88. The van der Waals surface area contributed by atoms with Gasteiger partial charge in [0.25, 0.3) is 5.91 Å². The van der Waals surface area contributed by atoms with Crippen LogP contribution in [0.25, 0.3) is 10.9 Å². The van der Waals surface area contributed by atoms with Gasteiger partial charge in [0.15, 0.2) is 16.6 Å². The van der Waals surface area contributed by atoms with Gasteiger partial charge in [0.05, 0.1) is 27.4 Å². The number of rotatable bonds is 5. The maximum Gasteiger partial charge on any atom is 0.252 e. The second kappa shape index (κ2) is 9.00. The van der Waals surface area contributed by atoms with Crippen LogP contribution in [0, 0.1) is 0 Å². The van der Waals surface area contributed by atoms with E-state index >= 15 is 0 Å². The fourth-order valence-corrected chi connectivity index (χ4v) is 6.85. The normalized spacial score (nSPS) is 22.1. The summed E-state index contributed by atoms with van der Waals surface area (Å²) in [6.45, 7) is 0. The van der Waals surface area contributed by atoms with Crippen LogP contribution in [0.4, 0.5) is 0 Å². The number of hydrogen-bond donors (Lipinski definition) is 1. The molecule has 7 nitrogen and oxygen atoms in total. The van der Waals surface area contributed by atoms with Crippen molar-refractivity contribution in [3.05, 3.63) is 53.2 Å². The van der Waals surface area contributed by atoms with Crippen LogP contribution in [0.3, 0.4) is 0 Å². The molecular weight excluding hydrogens is 474 g/mol. The molecule has 1 N–H and O–H groups in total. The van der Waals surface area contributed by atoms with E-state index < -0.39 is 0 Å². The molecule has 36 heavy (non-hydrogen) atoms. The quantitative estimate of drug-likeness (QED) is 0.494. The van der Waals surface area contributed by atoms with Crippen molar-refractivity contribution in [2.24, 2.45) is 0 Å². The number of methoxy groups -OCH3 is 3. The molecule has 2 atom stereocenters. The van der Waals surface area contributed by atoms with Crippen molar-refractivity contribution in [2.75, 3.05) is 21.3 Å². The van der Waals surface area contributed by atoms with E-state index in [-0.39, 0.29) is 24.0 Å². The molecule has 1 amide bonds. The number of thiocarbonyl (C=S) groups is 1. The van der Waals surface area contributed by atoms with Crippen molar-refractivity contribution in [1.82, 2.24) is 14.8 Å². The van der Waals surface area contributed by atoms with Gasteiger partial charge in [0.1, 0.15) is 6.04 Å². The number of aromatic amines is 1. The first kappa shape index (κ1) is 23.2. The molecule has 2 aromatic carbocycles. The van der Waals surface area contributed by atoms with Crippen molar-refractivity contribution >= 4 is 34.1 Å². The van der Waals surface area contributed by atoms with E-state index in [2.05, 4.69) is 22.0 Å². The number of carbonyl (C=O) groups excluding carboxylic acids is 1. The second-order valence-corrected chi connectivity index (χ2v) is 10.2. The summed E-state index contributed by atoms with van der Waals surface area (Å²) < 4.78 is 17.0. The summed E-state index contributed by atoms with van der Waals surface area (Å²) in [4.78, 5) is 21.7. The molecule has 1 aliphatic carbocycles. The lowest BCUT2D eigenvalue weighted by Crippen LogP contribution is -2.44. The number of benzene rings is 2. The summed E-state index contributed by atoms with van der Waals surface area (Å²) in [7, 11) is 4.84. The minimum absolute atomic E-state index is 0.125. The van der Waals surface area contributed by atoms with Crippen LogP contribution >= 0.6 is 12.2 Å². The highest BCUT2D eigenvalue weighted by Gasteiger charge is 2.52. The van der Waals surface area contributed by atoms with Crippen molar-refractivity contribution < 1.29 is 19.0 Å². The predicted molar refractivity (Wildman–Crippen MR) is 142 cm³/mol. The molecule has 3 aromatic rings. The zero-order valence-corrected chi connectivity index (χ0v) is 21.7. The fraction of sp³-hybridized carbons (Fsp3) is 0.429. The molecule has 3 aliphatic rings. The zero-order chi connectivity index (χ0) is 25.0. The van der Waals surface area contributed by atoms with Gasteiger partial charge in [-0.1, -0.05) is 37.5 Å². The van der Waals surface area contributed by atoms with Crippen LogP contribution in [-0.2, 0) is 11.2 Å². The molecule has 1 aromatic heterocycles. The van der Waals surface area contributed by atoms with Gasteiger partial charge >= 0.3 is 0 Å². The third-order valence-corrected chi connectivity index (χ3v) is 8.43. The molecule has 0 unspecified atom stereocenters. The molecule has 188 valence electrons. The lowest BCUT2D eigenvalue weighted by molar-refractivity contribution is -0.130. The highest BCUT2D eigenvalue weighted by Crippen LogP contribution is 2.48. The van der Waals surface area contributed by atoms with Gasteiger partial charge in [-0.3, -0.25) is 9.69 Å². The number of aromatic nitrogens is 1. The SMILES string of the molecule is COc1cc([C@H]2c3[nH]c4ccccc4c3C[C@@H]3C(=O)N(C4CCCCC4)C(=S)N23)cc(OC)c1OC. The Labute approximate surface area is 216 Å². The minimum Gasteiger partial charge on any atom is -0.493 e. The van der Waals surface area contributed by atoms with Crippen molar-refractivity contribution in [3.8, 4) is 17.2 Å². The Morgan fingerprint density at radius 2 is 1.67 bits per heavy atom. The van der Waals surface area contributed by atoms with E-state index in [0.29, 0.717) is 28.8 Å². The molecule has 0 bridgehead atoms. The third-order valence-electron chi connectivity index (χ3n) is 8.02. The lowest BCUT2D eigenvalue weighted by Gasteiger charge is -2.38. The van der Waals surface area contributed by atoms with E-state index in [4.69, 9.17) is 26.4 Å². The van der Waals surface area contributed by atoms with Crippen molar-refractivity contribution in [2.45, 2.75) is 56.7 Å². The van der Waals surface area contributed by atoms with Crippen molar-refractivity contribution in [1.29, 1.82) is 0 Å². The molecule has 1 saturated heterocycles. The topological polar surface area (TPSA) is 67.0 Å². The van der Waals surface area contributed by atoms with Crippen LogP contribution < -0.4 is 14.2 Å². The largest absolute Gasteiger partial charge is 0.493 e. The van der Waals surface area contributed by atoms with Gasteiger partial charge in [-0.25, -0.2) is 0 Å². The van der Waals surface area contributed by atoms with Crippen LogP contribution in [0.2, 0.25) is 0 Å². The fourth-order valence-electron chi connectivity index (χ4n) is 6.38. The molecule has 1 saturated carbocycles.